The highest BCUT2D eigenvalue weighted by atomic mass is 16.2. The number of carbonyl (C=O) groups is 1. The van der Waals surface area contributed by atoms with E-state index >= 15 is 0 Å². The summed E-state index contributed by atoms with van der Waals surface area (Å²) in [5.41, 5.74) is 3.00. The van der Waals surface area contributed by atoms with Crippen LogP contribution in [0.3, 0.4) is 0 Å². The number of rotatable bonds is 4. The van der Waals surface area contributed by atoms with E-state index in [-0.39, 0.29) is 5.91 Å². The van der Waals surface area contributed by atoms with Crippen LogP contribution in [0.25, 0.3) is 0 Å². The number of hydrogen-bond acceptors (Lipinski definition) is 2. The van der Waals surface area contributed by atoms with Crippen LogP contribution in [0, 0.1) is 25.2 Å². The Morgan fingerprint density at radius 1 is 1.35 bits per heavy atom. The van der Waals surface area contributed by atoms with Crippen molar-refractivity contribution in [1.29, 1.82) is 5.26 Å². The fourth-order valence-electron chi connectivity index (χ4n) is 1.65. The number of benzene rings is 1. The molecule has 0 saturated heterocycles. The standard InChI is InChI=1S/C14H18N2O/c1-4-16(9-5-8-15)14(17)13-7-6-11(2)12(3)10-13/h6-7,10H,4-5,9H2,1-3H3. The normalized spacial score (nSPS) is 9.76. The highest BCUT2D eigenvalue weighted by Crippen LogP contribution is 2.12. The summed E-state index contributed by atoms with van der Waals surface area (Å²) in [7, 11) is 0. The molecule has 0 aliphatic rings. The molecule has 1 aromatic carbocycles. The zero-order chi connectivity index (χ0) is 12.8. The maximum Gasteiger partial charge on any atom is 0.253 e. The van der Waals surface area contributed by atoms with Gasteiger partial charge in [0.15, 0.2) is 0 Å². The number of carbonyl (C=O) groups excluding carboxylic acids is 1. The molecule has 0 heterocycles. The summed E-state index contributed by atoms with van der Waals surface area (Å²) in [6.07, 6.45) is 0.379. The second kappa shape index (κ2) is 6.05. The van der Waals surface area contributed by atoms with E-state index in [2.05, 4.69) is 6.07 Å². The van der Waals surface area contributed by atoms with Crippen molar-refractivity contribution in [3.63, 3.8) is 0 Å². The summed E-state index contributed by atoms with van der Waals surface area (Å²) in [6, 6.07) is 7.78. The van der Waals surface area contributed by atoms with Crippen molar-refractivity contribution < 1.29 is 4.79 Å². The zero-order valence-electron chi connectivity index (χ0n) is 10.7. The van der Waals surface area contributed by atoms with E-state index in [0.29, 0.717) is 25.1 Å². The summed E-state index contributed by atoms with van der Waals surface area (Å²) >= 11 is 0. The fraction of sp³-hybridized carbons (Fsp3) is 0.429. The van der Waals surface area contributed by atoms with Crippen molar-refractivity contribution >= 4 is 5.91 Å². The third-order valence-corrected chi connectivity index (χ3v) is 2.92. The lowest BCUT2D eigenvalue weighted by Gasteiger charge is -2.19. The second-order valence-electron chi connectivity index (χ2n) is 4.09. The van der Waals surface area contributed by atoms with Crippen LogP contribution in [0.15, 0.2) is 18.2 Å². The van der Waals surface area contributed by atoms with Gasteiger partial charge in [-0.3, -0.25) is 4.79 Å². The molecule has 1 rings (SSSR count). The van der Waals surface area contributed by atoms with E-state index in [1.54, 1.807) is 4.90 Å². The van der Waals surface area contributed by atoms with Crippen LogP contribution in [-0.2, 0) is 0 Å². The lowest BCUT2D eigenvalue weighted by atomic mass is 10.1. The first-order valence-corrected chi connectivity index (χ1v) is 5.83. The minimum atomic E-state index is 0.00542. The first kappa shape index (κ1) is 13.2. The quantitative estimate of drug-likeness (QED) is 0.798. The van der Waals surface area contributed by atoms with Crippen LogP contribution in [0.5, 0.6) is 0 Å². The van der Waals surface area contributed by atoms with Gasteiger partial charge in [0.25, 0.3) is 5.91 Å². The summed E-state index contributed by atoms with van der Waals surface area (Å²) in [4.78, 5) is 13.9. The van der Waals surface area contributed by atoms with E-state index in [0.717, 1.165) is 5.56 Å². The van der Waals surface area contributed by atoms with Gasteiger partial charge in [-0.2, -0.15) is 5.26 Å². The Morgan fingerprint density at radius 2 is 2.06 bits per heavy atom. The summed E-state index contributed by atoms with van der Waals surface area (Å²) in [5, 5.41) is 8.56. The predicted octanol–water partition coefficient (Wildman–Crippen LogP) is 2.68. The summed E-state index contributed by atoms with van der Waals surface area (Å²) in [5.74, 6) is 0.00542. The molecule has 0 N–H and O–H groups in total. The molecule has 0 aliphatic carbocycles. The minimum Gasteiger partial charge on any atom is -0.338 e. The average molecular weight is 230 g/mol. The van der Waals surface area contributed by atoms with Gasteiger partial charge in [0.1, 0.15) is 0 Å². The topological polar surface area (TPSA) is 44.1 Å². The number of amides is 1. The molecule has 0 unspecified atom stereocenters. The Balaban J connectivity index is 2.86. The van der Waals surface area contributed by atoms with Gasteiger partial charge in [-0.25, -0.2) is 0 Å². The van der Waals surface area contributed by atoms with Gasteiger partial charge in [-0.1, -0.05) is 6.07 Å². The van der Waals surface area contributed by atoms with E-state index in [1.807, 2.05) is 39.0 Å². The Hall–Kier alpha value is -1.82. The number of nitrogens with zero attached hydrogens (tertiary/aromatic N) is 2. The molecule has 0 bridgehead atoms. The first-order chi connectivity index (χ1) is 8.10. The molecule has 0 radical (unpaired) electrons. The van der Waals surface area contributed by atoms with Crippen molar-refractivity contribution in [2.45, 2.75) is 27.2 Å². The predicted molar refractivity (Wildman–Crippen MR) is 67.7 cm³/mol. The van der Waals surface area contributed by atoms with Crippen LogP contribution in [0.1, 0.15) is 34.8 Å². The molecule has 1 aromatic rings. The Kier molecular flexibility index (Phi) is 4.71. The van der Waals surface area contributed by atoms with E-state index in [9.17, 15) is 4.79 Å². The fourth-order valence-corrected chi connectivity index (χ4v) is 1.65. The van der Waals surface area contributed by atoms with E-state index < -0.39 is 0 Å². The van der Waals surface area contributed by atoms with Crippen molar-refractivity contribution in [3.05, 3.63) is 34.9 Å². The van der Waals surface area contributed by atoms with Crippen molar-refractivity contribution in [2.24, 2.45) is 0 Å². The van der Waals surface area contributed by atoms with Crippen LogP contribution in [0.4, 0.5) is 0 Å². The van der Waals surface area contributed by atoms with Crippen LogP contribution >= 0.6 is 0 Å². The van der Waals surface area contributed by atoms with Crippen LogP contribution in [0.2, 0.25) is 0 Å². The highest BCUT2D eigenvalue weighted by Gasteiger charge is 2.13. The molecule has 0 saturated carbocycles. The molecule has 3 heteroatoms. The molecule has 0 aromatic heterocycles. The van der Waals surface area contributed by atoms with Crippen LogP contribution < -0.4 is 0 Å². The largest absolute Gasteiger partial charge is 0.338 e. The molecular weight excluding hydrogens is 212 g/mol. The van der Waals surface area contributed by atoms with Gasteiger partial charge in [0.2, 0.25) is 0 Å². The maximum atomic E-state index is 12.2. The monoisotopic (exact) mass is 230 g/mol. The molecule has 3 nitrogen and oxygen atoms in total. The van der Waals surface area contributed by atoms with Gasteiger partial charge in [0.05, 0.1) is 12.5 Å². The lowest BCUT2D eigenvalue weighted by Crippen LogP contribution is -2.31. The Labute approximate surface area is 103 Å². The van der Waals surface area contributed by atoms with Crippen LogP contribution in [-0.4, -0.2) is 23.9 Å². The van der Waals surface area contributed by atoms with Gasteiger partial charge in [-0.05, 0) is 44.0 Å². The van der Waals surface area contributed by atoms with Gasteiger partial charge in [0, 0.05) is 18.7 Å². The van der Waals surface area contributed by atoms with Gasteiger partial charge in [-0.15, -0.1) is 0 Å². The smallest absolute Gasteiger partial charge is 0.253 e. The van der Waals surface area contributed by atoms with Crippen molar-refractivity contribution in [3.8, 4) is 6.07 Å². The Bertz CT molecular complexity index is 446. The maximum absolute atomic E-state index is 12.2. The molecule has 0 atom stereocenters. The zero-order valence-corrected chi connectivity index (χ0v) is 10.7. The average Bonchev–Trinajstić information content (AvgIpc) is 2.33. The highest BCUT2D eigenvalue weighted by molar-refractivity contribution is 5.94. The SMILES string of the molecule is CCN(CCC#N)C(=O)c1ccc(C)c(C)c1. The molecule has 0 fully saturated rings. The minimum absolute atomic E-state index is 0.00542. The summed E-state index contributed by atoms with van der Waals surface area (Å²) < 4.78 is 0. The third kappa shape index (κ3) is 3.32. The number of nitriles is 1. The molecule has 17 heavy (non-hydrogen) atoms. The third-order valence-electron chi connectivity index (χ3n) is 2.92. The Morgan fingerprint density at radius 3 is 2.59 bits per heavy atom. The molecule has 0 spiro atoms. The van der Waals surface area contributed by atoms with E-state index in [4.69, 9.17) is 5.26 Å². The summed E-state index contributed by atoms with van der Waals surface area (Å²) in [6.45, 7) is 7.08. The molecule has 90 valence electrons. The molecule has 1 amide bonds. The van der Waals surface area contributed by atoms with Crippen molar-refractivity contribution in [2.75, 3.05) is 13.1 Å². The van der Waals surface area contributed by atoms with Gasteiger partial charge < -0.3 is 4.90 Å². The number of hydrogen-bond donors (Lipinski definition) is 0. The second-order valence-corrected chi connectivity index (χ2v) is 4.09. The first-order valence-electron chi connectivity index (χ1n) is 5.83. The van der Waals surface area contributed by atoms with Crippen molar-refractivity contribution in [1.82, 2.24) is 4.90 Å². The van der Waals surface area contributed by atoms with Gasteiger partial charge >= 0.3 is 0 Å². The van der Waals surface area contributed by atoms with E-state index in [1.165, 1.54) is 5.56 Å². The number of aryl methyl sites for hydroxylation is 2. The lowest BCUT2D eigenvalue weighted by molar-refractivity contribution is 0.0767. The molecule has 0 aliphatic heterocycles. The molecular formula is C14H18N2O.